The fourth-order valence-corrected chi connectivity index (χ4v) is 5.70. The molecular formula is C19H20FN3O3S2. The van der Waals surface area contributed by atoms with Crippen LogP contribution in [0.5, 0.6) is 0 Å². The number of nitrogens with one attached hydrogen (secondary N) is 1. The third-order valence-electron chi connectivity index (χ3n) is 4.76. The first kappa shape index (κ1) is 20.5. The molecule has 148 valence electrons. The Kier molecular flexibility index (Phi) is 5.84. The molecule has 1 heterocycles. The maximum absolute atomic E-state index is 13.0. The van der Waals surface area contributed by atoms with Crippen LogP contribution in [0.2, 0.25) is 0 Å². The van der Waals surface area contributed by atoms with Gasteiger partial charge in [-0.2, -0.15) is 9.57 Å². The molecule has 1 aliphatic rings. The number of fused-ring (bicyclic) bond motifs is 1. The summed E-state index contributed by atoms with van der Waals surface area (Å²) < 4.78 is 39.0. The van der Waals surface area contributed by atoms with Gasteiger partial charge in [-0.05, 0) is 55.0 Å². The fourth-order valence-electron chi connectivity index (χ4n) is 3.20. The summed E-state index contributed by atoms with van der Waals surface area (Å²) in [5.74, 6) is -0.538. The van der Waals surface area contributed by atoms with E-state index in [1.807, 2.05) is 0 Å². The predicted octanol–water partition coefficient (Wildman–Crippen LogP) is 3.14. The number of hydrogen-bond acceptors (Lipinski definition) is 5. The van der Waals surface area contributed by atoms with E-state index in [1.165, 1.54) is 18.4 Å². The minimum absolute atomic E-state index is 0.0949. The maximum atomic E-state index is 13.0. The summed E-state index contributed by atoms with van der Waals surface area (Å²) in [5, 5.41) is 12.7. The van der Waals surface area contributed by atoms with E-state index in [1.54, 1.807) is 0 Å². The molecule has 1 N–H and O–H groups in total. The van der Waals surface area contributed by atoms with E-state index in [0.717, 1.165) is 58.3 Å². The smallest absolute Gasteiger partial charge is 0.243 e. The number of carbonyl (C=O) groups excluding carboxylic acids is 1. The topological polar surface area (TPSA) is 90.3 Å². The van der Waals surface area contributed by atoms with Crippen LogP contribution in [0.4, 0.5) is 9.39 Å². The van der Waals surface area contributed by atoms with Crippen LogP contribution in [-0.4, -0.2) is 32.2 Å². The summed E-state index contributed by atoms with van der Waals surface area (Å²) in [4.78, 5) is 13.4. The third kappa shape index (κ3) is 4.09. The molecule has 1 atom stereocenters. The summed E-state index contributed by atoms with van der Waals surface area (Å²) >= 11 is 1.39. The van der Waals surface area contributed by atoms with Gasteiger partial charge in [-0.3, -0.25) is 4.79 Å². The molecule has 1 unspecified atom stereocenters. The van der Waals surface area contributed by atoms with Crippen molar-refractivity contribution in [3.63, 3.8) is 0 Å². The van der Waals surface area contributed by atoms with Crippen molar-refractivity contribution in [2.45, 2.75) is 31.1 Å². The van der Waals surface area contributed by atoms with Crippen molar-refractivity contribution >= 4 is 32.3 Å². The van der Waals surface area contributed by atoms with Gasteiger partial charge in [0.15, 0.2) is 0 Å². The largest absolute Gasteiger partial charge is 0.315 e. The second-order valence-electron chi connectivity index (χ2n) is 6.93. The van der Waals surface area contributed by atoms with Crippen LogP contribution in [0.1, 0.15) is 29.3 Å². The molecule has 0 spiro atoms. The van der Waals surface area contributed by atoms with Crippen molar-refractivity contribution in [2.24, 2.45) is 5.92 Å². The molecule has 1 aromatic carbocycles. The number of hydrogen-bond donors (Lipinski definition) is 1. The Morgan fingerprint density at radius 3 is 2.71 bits per heavy atom. The zero-order chi connectivity index (χ0) is 20.5. The normalized spacial score (nSPS) is 16.5. The summed E-state index contributed by atoms with van der Waals surface area (Å²) in [7, 11) is -2.64. The third-order valence-corrected chi connectivity index (χ3v) is 7.75. The van der Waals surface area contributed by atoms with Crippen LogP contribution in [0.25, 0.3) is 0 Å². The van der Waals surface area contributed by atoms with Crippen LogP contribution < -0.4 is 5.32 Å². The summed E-state index contributed by atoms with van der Waals surface area (Å²) in [6.45, 7) is 1.74. The van der Waals surface area contributed by atoms with Gasteiger partial charge >= 0.3 is 0 Å². The van der Waals surface area contributed by atoms with Gasteiger partial charge in [0.1, 0.15) is 16.9 Å². The number of nitrogens with zero attached hydrogens (tertiary/aromatic N) is 2. The van der Waals surface area contributed by atoms with Gasteiger partial charge in [0.05, 0.1) is 17.0 Å². The Morgan fingerprint density at radius 1 is 1.39 bits per heavy atom. The van der Waals surface area contributed by atoms with E-state index in [0.29, 0.717) is 16.5 Å². The Balaban J connectivity index is 1.74. The first-order valence-electron chi connectivity index (χ1n) is 8.78. The number of benzene rings is 1. The maximum Gasteiger partial charge on any atom is 0.243 e. The number of rotatable bonds is 5. The number of sulfonamides is 1. The highest BCUT2D eigenvalue weighted by Gasteiger charge is 2.26. The van der Waals surface area contributed by atoms with Crippen LogP contribution in [0.3, 0.4) is 0 Å². The number of nitriles is 1. The highest BCUT2D eigenvalue weighted by Crippen LogP contribution is 2.39. The second kappa shape index (κ2) is 7.99. The zero-order valence-corrected chi connectivity index (χ0v) is 17.2. The lowest BCUT2D eigenvalue weighted by Crippen LogP contribution is -2.34. The Bertz CT molecular complexity index is 1040. The van der Waals surface area contributed by atoms with E-state index in [2.05, 4.69) is 18.3 Å². The van der Waals surface area contributed by atoms with Crippen LogP contribution >= 0.6 is 11.3 Å². The number of halogens is 1. The molecule has 0 radical (unpaired) electrons. The predicted molar refractivity (Wildman–Crippen MR) is 105 cm³/mol. The number of likely N-dealkylation sites (N-methyl/N-ethyl adjacent to an activating group) is 1. The van der Waals surface area contributed by atoms with E-state index >= 15 is 0 Å². The zero-order valence-electron chi connectivity index (χ0n) is 15.5. The van der Waals surface area contributed by atoms with Gasteiger partial charge in [0, 0.05) is 11.9 Å². The highest BCUT2D eigenvalue weighted by atomic mass is 32.2. The lowest BCUT2D eigenvalue weighted by atomic mass is 9.89. The van der Waals surface area contributed by atoms with Gasteiger partial charge in [-0.15, -0.1) is 11.3 Å². The van der Waals surface area contributed by atoms with Crippen molar-refractivity contribution in [3.05, 3.63) is 46.1 Å². The Labute approximate surface area is 167 Å². The molecule has 28 heavy (non-hydrogen) atoms. The van der Waals surface area contributed by atoms with Gasteiger partial charge in [0.25, 0.3) is 0 Å². The summed E-state index contributed by atoms with van der Waals surface area (Å²) in [5.41, 5.74) is 1.47. The molecule has 9 heteroatoms. The molecule has 6 nitrogen and oxygen atoms in total. The molecule has 0 saturated heterocycles. The van der Waals surface area contributed by atoms with Crippen LogP contribution in [0.15, 0.2) is 29.2 Å². The lowest BCUT2D eigenvalue weighted by molar-refractivity contribution is -0.116. The van der Waals surface area contributed by atoms with Gasteiger partial charge in [0.2, 0.25) is 15.9 Å². The van der Waals surface area contributed by atoms with Crippen molar-refractivity contribution in [1.29, 1.82) is 5.26 Å². The number of amides is 1. The average Bonchev–Trinajstić information content (AvgIpc) is 2.97. The van der Waals surface area contributed by atoms with Gasteiger partial charge in [-0.25, -0.2) is 12.8 Å². The fraction of sp³-hybridized carbons (Fsp3) is 0.368. The molecule has 1 aliphatic carbocycles. The highest BCUT2D eigenvalue weighted by molar-refractivity contribution is 7.89. The number of carbonyl (C=O) groups is 1. The minimum Gasteiger partial charge on any atom is -0.315 e. The minimum atomic E-state index is -3.92. The first-order chi connectivity index (χ1) is 13.2. The van der Waals surface area contributed by atoms with Gasteiger partial charge in [-0.1, -0.05) is 6.92 Å². The van der Waals surface area contributed by atoms with E-state index in [9.17, 15) is 22.9 Å². The molecular weight excluding hydrogens is 401 g/mol. The van der Waals surface area contributed by atoms with Crippen molar-refractivity contribution in [3.8, 4) is 6.07 Å². The van der Waals surface area contributed by atoms with E-state index in [4.69, 9.17) is 0 Å². The summed E-state index contributed by atoms with van der Waals surface area (Å²) in [6, 6.07) is 6.58. The SMILES string of the molecule is CC1CCc2c(sc(NC(=O)CN(C)S(=O)(=O)c3ccc(F)cc3)c2C#N)C1. The quantitative estimate of drug-likeness (QED) is 0.803. The van der Waals surface area contributed by atoms with Crippen molar-refractivity contribution < 1.29 is 17.6 Å². The Morgan fingerprint density at radius 2 is 2.07 bits per heavy atom. The van der Waals surface area contributed by atoms with E-state index < -0.39 is 28.3 Å². The second-order valence-corrected chi connectivity index (χ2v) is 10.1. The van der Waals surface area contributed by atoms with Crippen LogP contribution in [0, 0.1) is 23.1 Å². The van der Waals surface area contributed by atoms with Crippen molar-refractivity contribution in [1.82, 2.24) is 4.31 Å². The number of thiophene rings is 1. The average molecular weight is 422 g/mol. The monoisotopic (exact) mass is 421 g/mol. The molecule has 3 rings (SSSR count). The van der Waals surface area contributed by atoms with Gasteiger partial charge < -0.3 is 5.32 Å². The molecule has 0 fully saturated rings. The number of anilines is 1. The van der Waals surface area contributed by atoms with Crippen molar-refractivity contribution in [2.75, 3.05) is 18.9 Å². The lowest BCUT2D eigenvalue weighted by Gasteiger charge is -2.17. The molecule has 0 bridgehead atoms. The molecule has 0 saturated carbocycles. The van der Waals surface area contributed by atoms with Crippen LogP contribution in [-0.2, 0) is 27.7 Å². The molecule has 1 aromatic heterocycles. The molecule has 1 amide bonds. The Hall–Kier alpha value is -2.28. The standard InChI is InChI=1S/C19H20FN3O3S2/c1-12-3-8-15-16(10-21)19(27-17(15)9-12)22-18(24)11-23(2)28(25,26)14-6-4-13(20)5-7-14/h4-7,12H,3,8-9,11H2,1-2H3,(H,22,24). The summed E-state index contributed by atoms with van der Waals surface area (Å²) in [6.07, 6.45) is 2.69. The van der Waals surface area contributed by atoms with E-state index in [-0.39, 0.29) is 4.90 Å². The first-order valence-corrected chi connectivity index (χ1v) is 11.0. The molecule has 0 aliphatic heterocycles. The molecule has 2 aromatic rings.